The molecule has 1 heterocycles. The van der Waals surface area contributed by atoms with Gasteiger partial charge in [-0.15, -0.1) is 0 Å². The van der Waals surface area contributed by atoms with Gasteiger partial charge >= 0.3 is 0 Å². The Labute approximate surface area is 55.2 Å². The highest BCUT2D eigenvalue weighted by Gasteiger charge is 2.17. The highest BCUT2D eigenvalue weighted by atomic mass is 16.3. The number of piperidine rings is 1. The van der Waals surface area contributed by atoms with Crippen molar-refractivity contribution >= 4 is 0 Å². The number of aliphatic hydroxyl groups excluding tert-OH is 1. The Hall–Kier alpha value is -0.120. The Morgan fingerprint density at radius 3 is 2.78 bits per heavy atom. The number of aliphatic hydroxyl groups is 1. The molecule has 0 aromatic heterocycles. The number of hydrogen-bond donors (Lipinski definition) is 3. The third-order valence-corrected chi connectivity index (χ3v) is 1.82. The molecular formula is C6H14N2O. The van der Waals surface area contributed by atoms with E-state index >= 15 is 0 Å². The van der Waals surface area contributed by atoms with Crippen LogP contribution in [-0.2, 0) is 0 Å². The molecule has 0 amide bonds. The molecule has 54 valence electrons. The second-order valence-corrected chi connectivity index (χ2v) is 2.60. The van der Waals surface area contributed by atoms with E-state index in [1.54, 1.807) is 0 Å². The molecule has 1 aliphatic rings. The van der Waals surface area contributed by atoms with Crippen molar-refractivity contribution in [2.75, 3.05) is 13.1 Å². The molecule has 1 aliphatic heterocycles. The lowest BCUT2D eigenvalue weighted by Crippen LogP contribution is -2.40. The first-order valence-corrected chi connectivity index (χ1v) is 3.45. The Kier molecular flexibility index (Phi) is 2.45. The van der Waals surface area contributed by atoms with Crippen molar-refractivity contribution in [2.45, 2.75) is 19.1 Å². The summed E-state index contributed by atoms with van der Waals surface area (Å²) in [4.78, 5) is 0. The van der Waals surface area contributed by atoms with Crippen molar-refractivity contribution in [3.8, 4) is 0 Å². The highest BCUT2D eigenvalue weighted by Crippen LogP contribution is 2.10. The predicted molar refractivity (Wildman–Crippen MR) is 35.8 cm³/mol. The van der Waals surface area contributed by atoms with Crippen LogP contribution in [0.2, 0.25) is 0 Å². The molecule has 1 rings (SSSR count). The molecule has 2 unspecified atom stereocenters. The first-order valence-electron chi connectivity index (χ1n) is 3.45. The first-order chi connectivity index (χ1) is 4.30. The van der Waals surface area contributed by atoms with Crippen LogP contribution >= 0.6 is 0 Å². The van der Waals surface area contributed by atoms with Crippen LogP contribution in [0.1, 0.15) is 12.8 Å². The molecular weight excluding hydrogens is 116 g/mol. The number of hydrogen-bond acceptors (Lipinski definition) is 3. The second-order valence-electron chi connectivity index (χ2n) is 2.60. The van der Waals surface area contributed by atoms with E-state index in [-0.39, 0.29) is 5.92 Å². The zero-order valence-corrected chi connectivity index (χ0v) is 5.51. The summed E-state index contributed by atoms with van der Waals surface area (Å²) in [5, 5.41) is 12.1. The molecule has 0 spiro atoms. The van der Waals surface area contributed by atoms with Crippen LogP contribution < -0.4 is 11.1 Å². The van der Waals surface area contributed by atoms with E-state index in [0.717, 1.165) is 25.9 Å². The monoisotopic (exact) mass is 130 g/mol. The van der Waals surface area contributed by atoms with Gasteiger partial charge in [0.15, 0.2) is 0 Å². The normalized spacial score (nSPS) is 32.0. The van der Waals surface area contributed by atoms with Crippen LogP contribution in [0, 0.1) is 5.92 Å². The molecule has 0 saturated carbocycles. The lowest BCUT2D eigenvalue weighted by molar-refractivity contribution is 0.0979. The Morgan fingerprint density at radius 2 is 2.44 bits per heavy atom. The van der Waals surface area contributed by atoms with Gasteiger partial charge in [-0.05, 0) is 19.4 Å². The van der Waals surface area contributed by atoms with Gasteiger partial charge in [0.2, 0.25) is 0 Å². The molecule has 3 heteroatoms. The average Bonchev–Trinajstić information content (AvgIpc) is 1.90. The fraction of sp³-hybridized carbons (Fsp3) is 1.00. The van der Waals surface area contributed by atoms with Gasteiger partial charge in [-0.2, -0.15) is 0 Å². The van der Waals surface area contributed by atoms with Gasteiger partial charge in [0, 0.05) is 12.5 Å². The summed E-state index contributed by atoms with van der Waals surface area (Å²) in [7, 11) is 0. The highest BCUT2D eigenvalue weighted by molar-refractivity contribution is 4.71. The van der Waals surface area contributed by atoms with E-state index < -0.39 is 6.23 Å². The van der Waals surface area contributed by atoms with Crippen LogP contribution in [0.4, 0.5) is 0 Å². The van der Waals surface area contributed by atoms with Gasteiger partial charge in [0.05, 0.1) is 0 Å². The molecule has 1 saturated heterocycles. The van der Waals surface area contributed by atoms with Crippen molar-refractivity contribution in [3.63, 3.8) is 0 Å². The summed E-state index contributed by atoms with van der Waals surface area (Å²) < 4.78 is 0. The molecule has 4 N–H and O–H groups in total. The Morgan fingerprint density at radius 1 is 1.67 bits per heavy atom. The minimum absolute atomic E-state index is 0.277. The van der Waals surface area contributed by atoms with Gasteiger partial charge < -0.3 is 16.2 Å². The number of nitrogens with one attached hydrogen (secondary N) is 1. The van der Waals surface area contributed by atoms with Crippen LogP contribution in [0.15, 0.2) is 0 Å². The lowest BCUT2D eigenvalue weighted by atomic mass is 9.98. The number of rotatable bonds is 1. The molecule has 0 aliphatic carbocycles. The molecule has 9 heavy (non-hydrogen) atoms. The van der Waals surface area contributed by atoms with Crippen molar-refractivity contribution in [2.24, 2.45) is 11.7 Å². The minimum atomic E-state index is -0.627. The standard InChI is InChI=1S/C6H14N2O/c7-6(9)5-2-1-3-8-4-5/h5-6,8-9H,1-4,7H2. The molecule has 0 aromatic carbocycles. The SMILES string of the molecule is NC(O)C1CCCNC1. The molecule has 0 bridgehead atoms. The Bertz CT molecular complexity index is 79.1. The molecule has 0 aromatic rings. The third-order valence-electron chi connectivity index (χ3n) is 1.82. The maximum Gasteiger partial charge on any atom is 0.106 e. The zero-order valence-electron chi connectivity index (χ0n) is 5.51. The van der Waals surface area contributed by atoms with Crippen molar-refractivity contribution < 1.29 is 5.11 Å². The van der Waals surface area contributed by atoms with Gasteiger partial charge in [-0.1, -0.05) is 0 Å². The summed E-state index contributed by atoms with van der Waals surface area (Å²) in [6, 6.07) is 0. The number of nitrogens with two attached hydrogens (primary N) is 1. The molecule has 2 atom stereocenters. The zero-order chi connectivity index (χ0) is 6.69. The first kappa shape index (κ1) is 6.99. The largest absolute Gasteiger partial charge is 0.379 e. The molecule has 3 nitrogen and oxygen atoms in total. The topological polar surface area (TPSA) is 58.3 Å². The lowest BCUT2D eigenvalue weighted by Gasteiger charge is -2.24. The van der Waals surface area contributed by atoms with E-state index in [1.165, 1.54) is 0 Å². The van der Waals surface area contributed by atoms with Gasteiger partial charge in [-0.25, -0.2) is 0 Å². The molecule has 0 radical (unpaired) electrons. The van der Waals surface area contributed by atoms with E-state index in [0.29, 0.717) is 0 Å². The fourth-order valence-corrected chi connectivity index (χ4v) is 1.17. The van der Waals surface area contributed by atoms with Crippen LogP contribution in [0.3, 0.4) is 0 Å². The van der Waals surface area contributed by atoms with Crippen LogP contribution in [-0.4, -0.2) is 24.4 Å². The van der Waals surface area contributed by atoms with E-state index in [2.05, 4.69) is 5.32 Å². The third kappa shape index (κ3) is 1.93. The van der Waals surface area contributed by atoms with Gasteiger partial charge in [0.25, 0.3) is 0 Å². The van der Waals surface area contributed by atoms with Gasteiger partial charge in [-0.3, -0.25) is 0 Å². The summed E-state index contributed by atoms with van der Waals surface area (Å²) in [6.07, 6.45) is 1.57. The summed E-state index contributed by atoms with van der Waals surface area (Å²) in [5.41, 5.74) is 5.28. The quantitative estimate of drug-likeness (QED) is 0.410. The van der Waals surface area contributed by atoms with Crippen molar-refractivity contribution in [1.29, 1.82) is 0 Å². The van der Waals surface area contributed by atoms with Crippen molar-refractivity contribution in [3.05, 3.63) is 0 Å². The van der Waals surface area contributed by atoms with Crippen molar-refractivity contribution in [1.82, 2.24) is 5.32 Å². The summed E-state index contributed by atoms with van der Waals surface area (Å²) in [5.74, 6) is 0.277. The summed E-state index contributed by atoms with van der Waals surface area (Å²) >= 11 is 0. The maximum atomic E-state index is 8.91. The van der Waals surface area contributed by atoms with Crippen LogP contribution in [0.5, 0.6) is 0 Å². The maximum absolute atomic E-state index is 8.91. The Balaban J connectivity index is 2.23. The van der Waals surface area contributed by atoms with E-state index in [4.69, 9.17) is 10.8 Å². The van der Waals surface area contributed by atoms with E-state index in [9.17, 15) is 0 Å². The predicted octanol–water partition coefficient (Wildman–Crippen LogP) is -0.737. The minimum Gasteiger partial charge on any atom is -0.379 e. The fourth-order valence-electron chi connectivity index (χ4n) is 1.17. The van der Waals surface area contributed by atoms with Gasteiger partial charge in [0.1, 0.15) is 6.23 Å². The smallest absolute Gasteiger partial charge is 0.106 e. The van der Waals surface area contributed by atoms with E-state index in [1.807, 2.05) is 0 Å². The molecule has 1 fully saturated rings. The summed E-state index contributed by atoms with van der Waals surface area (Å²) in [6.45, 7) is 1.95. The second kappa shape index (κ2) is 3.15. The average molecular weight is 130 g/mol. The van der Waals surface area contributed by atoms with Crippen LogP contribution in [0.25, 0.3) is 0 Å².